The van der Waals surface area contributed by atoms with E-state index < -0.39 is 28.0 Å². The van der Waals surface area contributed by atoms with Gasteiger partial charge in [-0.25, -0.2) is 13.2 Å². The number of nitrogens with one attached hydrogen (secondary N) is 2. The van der Waals surface area contributed by atoms with Gasteiger partial charge in [0, 0.05) is 6.54 Å². The van der Waals surface area contributed by atoms with Crippen molar-refractivity contribution in [3.05, 3.63) is 59.1 Å². The van der Waals surface area contributed by atoms with Gasteiger partial charge in [0.2, 0.25) is 0 Å². The molecule has 0 saturated carbocycles. The van der Waals surface area contributed by atoms with Crippen LogP contribution in [0.15, 0.2) is 53.4 Å². The van der Waals surface area contributed by atoms with Gasteiger partial charge < -0.3 is 10.1 Å². The number of sulfonamides is 1. The van der Waals surface area contributed by atoms with Crippen LogP contribution < -0.4 is 10.0 Å². The van der Waals surface area contributed by atoms with E-state index in [0.717, 1.165) is 0 Å². The molecule has 0 aliphatic carbocycles. The van der Waals surface area contributed by atoms with Gasteiger partial charge in [0.05, 0.1) is 21.2 Å². The summed E-state index contributed by atoms with van der Waals surface area (Å²) in [6, 6.07) is 11.7. The molecule has 0 unspecified atom stereocenters. The molecule has 2 aromatic carbocycles. The van der Waals surface area contributed by atoms with E-state index in [1.54, 1.807) is 25.1 Å². The molecule has 2 N–H and O–H groups in total. The molecule has 1 amide bonds. The van der Waals surface area contributed by atoms with Crippen LogP contribution in [0.25, 0.3) is 0 Å². The van der Waals surface area contributed by atoms with E-state index in [4.69, 9.17) is 16.3 Å². The first-order chi connectivity index (χ1) is 12.7. The maximum Gasteiger partial charge on any atom is 0.338 e. The fourth-order valence-corrected chi connectivity index (χ4v) is 3.50. The minimum absolute atomic E-state index is 0.00758. The second-order valence-electron chi connectivity index (χ2n) is 5.56. The van der Waals surface area contributed by atoms with Crippen molar-refractivity contribution < 1.29 is 22.7 Å². The van der Waals surface area contributed by atoms with Gasteiger partial charge in [-0.2, -0.15) is 0 Å². The van der Waals surface area contributed by atoms with Crippen LogP contribution in [-0.4, -0.2) is 32.9 Å². The van der Waals surface area contributed by atoms with Gasteiger partial charge in [0.15, 0.2) is 6.10 Å². The van der Waals surface area contributed by atoms with Crippen molar-refractivity contribution in [2.24, 2.45) is 0 Å². The van der Waals surface area contributed by atoms with Crippen molar-refractivity contribution in [2.75, 3.05) is 11.3 Å². The number of hydrogen-bond donors (Lipinski definition) is 2. The molecule has 0 aliphatic heterocycles. The first-order valence-electron chi connectivity index (χ1n) is 8.10. The summed E-state index contributed by atoms with van der Waals surface area (Å²) in [5.74, 6) is -1.24. The molecule has 0 heterocycles. The predicted octanol–water partition coefficient (Wildman–Crippen LogP) is 2.82. The highest BCUT2D eigenvalue weighted by molar-refractivity contribution is 7.92. The number of para-hydroxylation sites is 1. The zero-order valence-electron chi connectivity index (χ0n) is 14.7. The average Bonchev–Trinajstić information content (AvgIpc) is 2.63. The lowest BCUT2D eigenvalue weighted by atomic mass is 10.2. The van der Waals surface area contributed by atoms with E-state index in [1.165, 1.54) is 37.3 Å². The van der Waals surface area contributed by atoms with Gasteiger partial charge in [0.25, 0.3) is 15.9 Å². The molecule has 7 nitrogen and oxygen atoms in total. The van der Waals surface area contributed by atoms with E-state index in [2.05, 4.69) is 10.0 Å². The molecule has 0 radical (unpaired) electrons. The van der Waals surface area contributed by atoms with E-state index in [-0.39, 0.29) is 21.2 Å². The van der Waals surface area contributed by atoms with Gasteiger partial charge in [-0.3, -0.25) is 9.52 Å². The molecular weight excluding hydrogens is 392 g/mol. The van der Waals surface area contributed by atoms with Crippen molar-refractivity contribution in [1.82, 2.24) is 5.32 Å². The average molecular weight is 411 g/mol. The maximum atomic E-state index is 12.6. The minimum atomic E-state index is -3.97. The molecule has 144 valence electrons. The third-order valence-electron chi connectivity index (χ3n) is 3.50. The molecule has 0 aliphatic rings. The Labute approximate surface area is 162 Å². The number of benzene rings is 2. The molecule has 1 atom stereocenters. The summed E-state index contributed by atoms with van der Waals surface area (Å²) in [4.78, 5) is 23.7. The monoisotopic (exact) mass is 410 g/mol. The fraction of sp³-hybridized carbons (Fsp3) is 0.222. The number of anilines is 1. The Morgan fingerprint density at radius 3 is 2.52 bits per heavy atom. The third kappa shape index (κ3) is 5.45. The van der Waals surface area contributed by atoms with Crippen LogP contribution in [-0.2, 0) is 19.6 Å². The van der Waals surface area contributed by atoms with E-state index in [0.29, 0.717) is 6.54 Å². The van der Waals surface area contributed by atoms with Gasteiger partial charge in [-0.05, 0) is 44.2 Å². The van der Waals surface area contributed by atoms with Gasteiger partial charge >= 0.3 is 5.97 Å². The molecule has 0 fully saturated rings. The standard InChI is InChI=1S/C18H19ClN2O5S/c1-3-20-17(22)12(2)26-18(23)13-7-6-8-14(11-13)27(24,25)21-16-10-5-4-9-15(16)19/h4-12,21H,3H2,1-2H3,(H,20,22)/t12-/m1/s1. The Morgan fingerprint density at radius 2 is 1.85 bits per heavy atom. The van der Waals surface area contributed by atoms with Crippen molar-refractivity contribution in [3.8, 4) is 0 Å². The molecule has 0 aromatic heterocycles. The zero-order valence-corrected chi connectivity index (χ0v) is 16.3. The van der Waals surface area contributed by atoms with Crippen LogP contribution in [0.5, 0.6) is 0 Å². The molecule has 0 spiro atoms. The number of halogens is 1. The molecular formula is C18H19ClN2O5S. The van der Waals surface area contributed by atoms with Gasteiger partial charge in [0.1, 0.15) is 0 Å². The Hall–Kier alpha value is -2.58. The highest BCUT2D eigenvalue weighted by Crippen LogP contribution is 2.24. The fourth-order valence-electron chi connectivity index (χ4n) is 2.14. The summed E-state index contributed by atoms with van der Waals surface area (Å²) in [6.07, 6.45) is -1.00. The second kappa shape index (κ2) is 8.88. The van der Waals surface area contributed by atoms with E-state index in [9.17, 15) is 18.0 Å². The van der Waals surface area contributed by atoms with E-state index >= 15 is 0 Å². The second-order valence-corrected chi connectivity index (χ2v) is 7.64. The summed E-state index contributed by atoms with van der Waals surface area (Å²) in [6.45, 7) is 3.58. The Balaban J connectivity index is 2.20. The number of hydrogen-bond acceptors (Lipinski definition) is 5. The summed E-state index contributed by atoms with van der Waals surface area (Å²) in [5, 5.41) is 2.78. The zero-order chi connectivity index (χ0) is 20.0. The van der Waals surface area contributed by atoms with Gasteiger partial charge in [-0.15, -0.1) is 0 Å². The quantitative estimate of drug-likeness (QED) is 0.683. The van der Waals surface area contributed by atoms with Crippen LogP contribution in [0, 0.1) is 0 Å². The first kappa shape index (κ1) is 20.7. The van der Waals surface area contributed by atoms with E-state index in [1.807, 2.05) is 0 Å². The van der Waals surface area contributed by atoms with Crippen LogP contribution in [0.2, 0.25) is 5.02 Å². The van der Waals surface area contributed by atoms with Crippen LogP contribution in [0.1, 0.15) is 24.2 Å². The molecule has 2 rings (SSSR count). The number of amides is 1. The first-order valence-corrected chi connectivity index (χ1v) is 9.97. The lowest BCUT2D eigenvalue weighted by molar-refractivity contribution is -0.128. The van der Waals surface area contributed by atoms with Crippen molar-refractivity contribution in [2.45, 2.75) is 24.8 Å². The molecule has 0 bridgehead atoms. The Bertz CT molecular complexity index is 946. The summed E-state index contributed by atoms with van der Waals surface area (Å²) >= 11 is 5.97. The number of rotatable bonds is 7. The SMILES string of the molecule is CCNC(=O)[C@@H](C)OC(=O)c1cccc(S(=O)(=O)Nc2ccccc2Cl)c1. The smallest absolute Gasteiger partial charge is 0.338 e. The van der Waals surface area contributed by atoms with Crippen LogP contribution in [0.3, 0.4) is 0 Å². The Kier molecular flexibility index (Phi) is 6.81. The maximum absolute atomic E-state index is 12.6. The summed E-state index contributed by atoms with van der Waals surface area (Å²) in [5.41, 5.74) is 0.227. The lowest BCUT2D eigenvalue weighted by Crippen LogP contribution is -2.35. The minimum Gasteiger partial charge on any atom is -0.449 e. The van der Waals surface area contributed by atoms with Gasteiger partial charge in [-0.1, -0.05) is 29.8 Å². The normalized spacial score (nSPS) is 12.1. The highest BCUT2D eigenvalue weighted by atomic mass is 35.5. The molecule has 2 aromatic rings. The molecule has 0 saturated heterocycles. The van der Waals surface area contributed by atoms with Crippen molar-refractivity contribution in [3.63, 3.8) is 0 Å². The number of carbonyl (C=O) groups is 2. The molecule has 9 heteroatoms. The highest BCUT2D eigenvalue weighted by Gasteiger charge is 2.21. The molecule has 27 heavy (non-hydrogen) atoms. The van der Waals surface area contributed by atoms with Crippen LogP contribution in [0.4, 0.5) is 5.69 Å². The predicted molar refractivity (Wildman–Crippen MR) is 102 cm³/mol. The summed E-state index contributed by atoms with van der Waals surface area (Å²) < 4.78 is 32.6. The number of esters is 1. The Morgan fingerprint density at radius 1 is 1.15 bits per heavy atom. The van der Waals surface area contributed by atoms with Crippen LogP contribution >= 0.6 is 11.6 Å². The van der Waals surface area contributed by atoms with Crippen molar-refractivity contribution in [1.29, 1.82) is 0 Å². The summed E-state index contributed by atoms with van der Waals surface area (Å²) in [7, 11) is -3.97. The topological polar surface area (TPSA) is 102 Å². The number of likely N-dealkylation sites (N-methyl/N-ethyl adjacent to an activating group) is 1. The third-order valence-corrected chi connectivity index (χ3v) is 5.20. The largest absolute Gasteiger partial charge is 0.449 e. The number of ether oxygens (including phenoxy) is 1. The number of carbonyl (C=O) groups excluding carboxylic acids is 2. The van der Waals surface area contributed by atoms with Crippen molar-refractivity contribution >= 4 is 39.2 Å². The lowest BCUT2D eigenvalue weighted by Gasteiger charge is -2.13.